The Bertz CT molecular complexity index is 1070. The van der Waals surface area contributed by atoms with Crippen LogP contribution in [0.5, 0.6) is 5.75 Å². The summed E-state index contributed by atoms with van der Waals surface area (Å²) in [5, 5.41) is 15.1. The van der Waals surface area contributed by atoms with Crippen molar-refractivity contribution in [2.24, 2.45) is 0 Å². The van der Waals surface area contributed by atoms with E-state index in [1.165, 1.54) is 32.5 Å². The summed E-state index contributed by atoms with van der Waals surface area (Å²) in [7, 11) is 2.13. The number of thiophene rings is 1. The van der Waals surface area contributed by atoms with Crippen molar-refractivity contribution in [3.63, 3.8) is 0 Å². The molecule has 38 heavy (non-hydrogen) atoms. The van der Waals surface area contributed by atoms with Crippen LogP contribution in [-0.4, -0.2) is 67.8 Å². The molecule has 0 unspecified atom stereocenters. The third-order valence-electron chi connectivity index (χ3n) is 6.73. The molecule has 3 aromatic rings. The van der Waals surface area contributed by atoms with Gasteiger partial charge in [-0.05, 0) is 106 Å². The first-order valence-electron chi connectivity index (χ1n) is 13.3. The minimum Gasteiger partial charge on any atom is -0.490 e. The minimum atomic E-state index is 0.248. The van der Waals surface area contributed by atoms with Crippen molar-refractivity contribution >= 4 is 34.8 Å². The minimum absolute atomic E-state index is 0.248. The van der Waals surface area contributed by atoms with E-state index in [0.717, 1.165) is 37.2 Å². The number of likely N-dealkylation sites (tertiary alicyclic amines) is 2. The second-order valence-corrected chi connectivity index (χ2v) is 10.3. The predicted octanol–water partition coefficient (Wildman–Crippen LogP) is 5.58. The lowest BCUT2D eigenvalue weighted by molar-refractivity contribution is -0.105. The Morgan fingerprint density at radius 2 is 1.74 bits per heavy atom. The number of hydrogen-bond acceptors (Lipinski definition) is 7. The topological polar surface area (TPSA) is 94.7 Å². The van der Waals surface area contributed by atoms with Crippen LogP contribution >= 0.6 is 11.3 Å². The number of piperidine rings is 1. The monoisotopic (exact) mass is 535 g/mol. The maximum atomic E-state index is 10.6. The van der Waals surface area contributed by atoms with Gasteiger partial charge in [0.25, 0.3) is 0 Å². The number of nitrogens with two attached hydrogens (primary N) is 1. The second-order valence-electron chi connectivity index (χ2n) is 9.52. The zero-order valence-corrected chi connectivity index (χ0v) is 23.4. The van der Waals surface area contributed by atoms with Crippen LogP contribution in [0.4, 0.5) is 11.4 Å². The second kappa shape index (κ2) is 15.9. The maximum Gasteiger partial charge on any atom is 0.211 e. The van der Waals surface area contributed by atoms with Gasteiger partial charge in [-0.25, -0.2) is 0 Å². The van der Waals surface area contributed by atoms with Crippen molar-refractivity contribution in [3.05, 3.63) is 76.5 Å². The molecule has 8 heteroatoms. The molecule has 0 aliphatic carbocycles. The molecule has 0 atom stereocenters. The van der Waals surface area contributed by atoms with E-state index < -0.39 is 0 Å². The Morgan fingerprint density at radius 1 is 1.08 bits per heavy atom. The zero-order chi connectivity index (χ0) is 27.2. The number of nitrogen functional groups attached to an aromatic ring is 1. The summed E-state index contributed by atoms with van der Waals surface area (Å²) in [6.07, 6.45) is 5.76. The summed E-state index contributed by atoms with van der Waals surface area (Å²) in [6, 6.07) is 16.7. The van der Waals surface area contributed by atoms with Gasteiger partial charge in [0.15, 0.2) is 0 Å². The standard InChI is InChI=1S/C20H24N4O2.C6H13N.C4H4S/c1-24-10-8-17(9-11-24)26-16-5-2-14(3-6-16)20(22)18-12-15(23-13-25)4-7-19(18)21;1-2-7-5-3-4-6-7;1-2-4-5-3-1/h2-7,12-13,17,22H,8-11,21H2,1H3,(H,23,25);2-6H2,1H3;1-4H. The number of anilines is 2. The summed E-state index contributed by atoms with van der Waals surface area (Å²) in [5.41, 5.74) is 8.75. The summed E-state index contributed by atoms with van der Waals surface area (Å²) in [6.45, 7) is 8.27. The Balaban J connectivity index is 0.000000271. The molecule has 5 rings (SSSR count). The molecule has 7 nitrogen and oxygen atoms in total. The third kappa shape index (κ3) is 9.59. The van der Waals surface area contributed by atoms with E-state index in [0.29, 0.717) is 29.1 Å². The number of hydrogen-bond donors (Lipinski definition) is 3. The molecular formula is C30H41N5O2S. The highest BCUT2D eigenvalue weighted by atomic mass is 32.1. The number of carbonyl (C=O) groups excluding carboxylic acids is 1. The van der Waals surface area contributed by atoms with Crippen molar-refractivity contribution < 1.29 is 9.53 Å². The molecular weight excluding hydrogens is 494 g/mol. The molecule has 0 spiro atoms. The van der Waals surface area contributed by atoms with Crippen LogP contribution in [0.3, 0.4) is 0 Å². The van der Waals surface area contributed by atoms with Crippen molar-refractivity contribution in [1.29, 1.82) is 5.41 Å². The number of amides is 1. The SMILES string of the molecule is CCN1CCCC1.CN1CCC(Oc2ccc(C(=N)c3cc(NC=O)ccc3N)cc2)CC1.c1ccsc1. The fraction of sp³-hybridized carbons (Fsp3) is 0.400. The van der Waals surface area contributed by atoms with E-state index in [9.17, 15) is 4.79 Å². The van der Waals surface area contributed by atoms with E-state index in [4.69, 9.17) is 15.9 Å². The number of ether oxygens (including phenoxy) is 1. The highest BCUT2D eigenvalue weighted by Gasteiger charge is 2.18. The van der Waals surface area contributed by atoms with Crippen LogP contribution in [0, 0.1) is 5.41 Å². The van der Waals surface area contributed by atoms with Crippen LogP contribution in [-0.2, 0) is 4.79 Å². The zero-order valence-electron chi connectivity index (χ0n) is 22.6. The average Bonchev–Trinajstić information content (AvgIpc) is 3.69. The van der Waals surface area contributed by atoms with Gasteiger partial charge in [0.05, 0.1) is 5.71 Å². The van der Waals surface area contributed by atoms with Crippen molar-refractivity contribution in [1.82, 2.24) is 9.80 Å². The van der Waals surface area contributed by atoms with Crippen LogP contribution < -0.4 is 15.8 Å². The lowest BCUT2D eigenvalue weighted by atomic mass is 10.00. The number of rotatable bonds is 7. The average molecular weight is 536 g/mol. The van der Waals surface area contributed by atoms with Crippen LogP contribution in [0.25, 0.3) is 0 Å². The van der Waals surface area contributed by atoms with Gasteiger partial charge >= 0.3 is 0 Å². The molecule has 2 aromatic carbocycles. The quantitative estimate of drug-likeness (QED) is 0.209. The van der Waals surface area contributed by atoms with Crippen LogP contribution in [0.2, 0.25) is 0 Å². The normalized spacial score (nSPS) is 15.9. The summed E-state index contributed by atoms with van der Waals surface area (Å²) >= 11 is 1.71. The smallest absolute Gasteiger partial charge is 0.211 e. The van der Waals surface area contributed by atoms with Crippen LogP contribution in [0.15, 0.2) is 65.4 Å². The molecule has 1 amide bonds. The van der Waals surface area contributed by atoms with Crippen molar-refractivity contribution in [2.75, 3.05) is 50.8 Å². The molecule has 2 aliphatic rings. The van der Waals surface area contributed by atoms with Crippen LogP contribution in [0.1, 0.15) is 43.7 Å². The number of nitrogens with zero attached hydrogens (tertiary/aromatic N) is 2. The Morgan fingerprint density at radius 3 is 2.26 bits per heavy atom. The van der Waals surface area contributed by atoms with Crippen molar-refractivity contribution in [2.45, 2.75) is 38.7 Å². The molecule has 204 valence electrons. The highest BCUT2D eigenvalue weighted by Crippen LogP contribution is 2.24. The van der Waals surface area contributed by atoms with Gasteiger partial charge < -0.3 is 25.6 Å². The number of carbonyl (C=O) groups is 1. The lowest BCUT2D eigenvalue weighted by Gasteiger charge is -2.29. The predicted molar refractivity (Wildman–Crippen MR) is 160 cm³/mol. The van der Waals surface area contributed by atoms with E-state index in [-0.39, 0.29) is 6.10 Å². The molecule has 0 radical (unpaired) electrons. The Kier molecular flexibility index (Phi) is 12.3. The molecule has 1 aromatic heterocycles. The number of nitrogens with one attached hydrogen (secondary N) is 2. The molecule has 0 saturated carbocycles. The Hall–Kier alpha value is -3.20. The first-order chi connectivity index (χ1) is 18.5. The molecule has 2 aliphatic heterocycles. The van der Waals surface area contributed by atoms with Gasteiger partial charge in [-0.15, -0.1) is 0 Å². The lowest BCUT2D eigenvalue weighted by Crippen LogP contribution is -2.35. The Labute approximate surface area is 231 Å². The molecule has 4 N–H and O–H groups in total. The molecule has 3 heterocycles. The summed E-state index contributed by atoms with van der Waals surface area (Å²) < 4.78 is 6.05. The summed E-state index contributed by atoms with van der Waals surface area (Å²) in [5.74, 6) is 0.820. The first-order valence-corrected chi connectivity index (χ1v) is 14.3. The largest absolute Gasteiger partial charge is 0.490 e. The van der Waals surface area contributed by atoms with Gasteiger partial charge in [-0.2, -0.15) is 11.3 Å². The molecule has 2 fully saturated rings. The van der Waals surface area contributed by atoms with Gasteiger partial charge in [-0.1, -0.05) is 19.1 Å². The third-order valence-corrected chi connectivity index (χ3v) is 7.36. The van der Waals surface area contributed by atoms with E-state index >= 15 is 0 Å². The first kappa shape index (κ1) is 29.4. The highest BCUT2D eigenvalue weighted by molar-refractivity contribution is 7.07. The van der Waals surface area contributed by atoms with E-state index in [2.05, 4.69) is 29.1 Å². The maximum absolute atomic E-state index is 10.6. The fourth-order valence-corrected chi connectivity index (χ4v) is 4.86. The van der Waals surface area contributed by atoms with Gasteiger partial charge in [-0.3, -0.25) is 10.2 Å². The number of benzene rings is 2. The molecule has 0 bridgehead atoms. The van der Waals surface area contributed by atoms with E-state index in [1.54, 1.807) is 29.5 Å². The van der Waals surface area contributed by atoms with E-state index in [1.807, 2.05) is 47.2 Å². The molecule has 2 saturated heterocycles. The van der Waals surface area contributed by atoms with Gasteiger partial charge in [0.2, 0.25) is 6.41 Å². The van der Waals surface area contributed by atoms with Crippen molar-refractivity contribution in [3.8, 4) is 5.75 Å². The van der Waals surface area contributed by atoms with Gasteiger partial charge in [0, 0.05) is 35.6 Å². The fourth-order valence-electron chi connectivity index (χ4n) is 4.41. The van der Waals surface area contributed by atoms with Gasteiger partial charge in [0.1, 0.15) is 11.9 Å². The summed E-state index contributed by atoms with van der Waals surface area (Å²) in [4.78, 5) is 15.4.